The molecule has 1 heterocycles. The van der Waals surface area contributed by atoms with Gasteiger partial charge in [0.25, 0.3) is 5.91 Å². The van der Waals surface area contributed by atoms with E-state index in [-0.39, 0.29) is 5.91 Å². The summed E-state index contributed by atoms with van der Waals surface area (Å²) >= 11 is 7.35. The molecule has 0 unspecified atom stereocenters. The molecule has 1 saturated carbocycles. The number of halogens is 1. The number of benzene rings is 1. The van der Waals surface area contributed by atoms with Gasteiger partial charge in [-0.3, -0.25) is 4.79 Å². The highest BCUT2D eigenvalue weighted by Crippen LogP contribution is 2.30. The first-order valence-corrected chi connectivity index (χ1v) is 8.08. The molecule has 21 heavy (non-hydrogen) atoms. The molecule has 0 atom stereocenters. The lowest BCUT2D eigenvalue weighted by Gasteiger charge is -2.08. The van der Waals surface area contributed by atoms with Crippen molar-refractivity contribution in [2.24, 2.45) is 5.92 Å². The number of nitrogens with zero attached hydrogens (tertiary/aromatic N) is 1. The van der Waals surface area contributed by atoms with E-state index in [1.807, 2.05) is 30.3 Å². The van der Waals surface area contributed by atoms with E-state index >= 15 is 0 Å². The molecule has 3 rings (SSSR count). The Morgan fingerprint density at radius 3 is 2.76 bits per heavy atom. The highest BCUT2D eigenvalue weighted by Gasteiger charge is 2.22. The van der Waals surface area contributed by atoms with Gasteiger partial charge in [0.05, 0.1) is 5.56 Å². The van der Waals surface area contributed by atoms with Crippen LogP contribution in [0.5, 0.6) is 0 Å². The molecule has 1 amide bonds. The fraction of sp³-hybridized carbons (Fsp3) is 0.250. The summed E-state index contributed by atoms with van der Waals surface area (Å²) in [6.45, 7) is 0.763. The maximum atomic E-state index is 12.3. The van der Waals surface area contributed by atoms with Crippen molar-refractivity contribution in [3.05, 3.63) is 53.2 Å². The molecular formula is C16H15ClN2OS. The van der Waals surface area contributed by atoms with Gasteiger partial charge in [0.2, 0.25) is 0 Å². The molecule has 0 saturated heterocycles. The SMILES string of the molecule is O=C(NCC1CC1)c1cccnc1Sc1ccc(Cl)cc1. The van der Waals surface area contributed by atoms with Crippen molar-refractivity contribution in [1.29, 1.82) is 0 Å². The molecule has 1 aromatic carbocycles. The van der Waals surface area contributed by atoms with Crippen LogP contribution in [0.2, 0.25) is 5.02 Å². The average Bonchev–Trinajstić information content (AvgIpc) is 3.32. The van der Waals surface area contributed by atoms with E-state index in [9.17, 15) is 4.79 Å². The number of rotatable bonds is 5. The lowest BCUT2D eigenvalue weighted by atomic mass is 10.2. The monoisotopic (exact) mass is 318 g/mol. The van der Waals surface area contributed by atoms with Gasteiger partial charge in [-0.1, -0.05) is 23.4 Å². The van der Waals surface area contributed by atoms with Crippen molar-refractivity contribution >= 4 is 29.3 Å². The van der Waals surface area contributed by atoms with Crippen molar-refractivity contribution in [3.8, 4) is 0 Å². The van der Waals surface area contributed by atoms with Gasteiger partial charge in [-0.05, 0) is 55.2 Å². The predicted octanol–water partition coefficient (Wildman–Crippen LogP) is 4.03. The average molecular weight is 319 g/mol. The highest BCUT2D eigenvalue weighted by molar-refractivity contribution is 7.99. The maximum Gasteiger partial charge on any atom is 0.254 e. The maximum absolute atomic E-state index is 12.3. The lowest BCUT2D eigenvalue weighted by molar-refractivity contribution is 0.0948. The van der Waals surface area contributed by atoms with E-state index in [0.717, 1.165) is 11.4 Å². The van der Waals surface area contributed by atoms with Crippen LogP contribution in [0.25, 0.3) is 0 Å². The Morgan fingerprint density at radius 2 is 2.05 bits per heavy atom. The Kier molecular flexibility index (Phi) is 4.46. The van der Waals surface area contributed by atoms with Crippen LogP contribution < -0.4 is 5.32 Å². The van der Waals surface area contributed by atoms with Crippen molar-refractivity contribution in [3.63, 3.8) is 0 Å². The molecule has 1 aliphatic carbocycles. The Bertz CT molecular complexity index is 641. The summed E-state index contributed by atoms with van der Waals surface area (Å²) in [5.74, 6) is 0.615. The zero-order valence-electron chi connectivity index (χ0n) is 11.4. The Morgan fingerprint density at radius 1 is 1.29 bits per heavy atom. The first-order valence-electron chi connectivity index (χ1n) is 6.89. The van der Waals surface area contributed by atoms with Crippen LogP contribution in [-0.4, -0.2) is 17.4 Å². The third-order valence-corrected chi connectivity index (χ3v) is 4.57. The Balaban J connectivity index is 1.74. The van der Waals surface area contributed by atoms with Crippen molar-refractivity contribution in [2.45, 2.75) is 22.8 Å². The van der Waals surface area contributed by atoms with Crippen LogP contribution in [0.1, 0.15) is 23.2 Å². The van der Waals surface area contributed by atoms with Crippen molar-refractivity contribution < 1.29 is 4.79 Å². The largest absolute Gasteiger partial charge is 0.352 e. The number of carbonyl (C=O) groups is 1. The number of hydrogen-bond acceptors (Lipinski definition) is 3. The van der Waals surface area contributed by atoms with Crippen molar-refractivity contribution in [2.75, 3.05) is 6.54 Å². The first-order chi connectivity index (χ1) is 10.2. The number of carbonyl (C=O) groups excluding carboxylic acids is 1. The van der Waals surface area contributed by atoms with E-state index in [2.05, 4.69) is 10.3 Å². The molecule has 1 aliphatic rings. The molecule has 0 bridgehead atoms. The zero-order chi connectivity index (χ0) is 14.7. The van der Waals surface area contributed by atoms with Crippen LogP contribution in [0, 0.1) is 5.92 Å². The fourth-order valence-electron chi connectivity index (χ4n) is 1.91. The van der Waals surface area contributed by atoms with Gasteiger partial charge in [0, 0.05) is 22.7 Å². The molecule has 0 spiro atoms. The van der Waals surface area contributed by atoms with Crippen LogP contribution in [0.3, 0.4) is 0 Å². The number of hydrogen-bond donors (Lipinski definition) is 1. The number of pyridine rings is 1. The molecule has 1 aromatic heterocycles. The minimum Gasteiger partial charge on any atom is -0.352 e. The predicted molar refractivity (Wildman–Crippen MR) is 84.9 cm³/mol. The Labute approximate surface area is 133 Å². The summed E-state index contributed by atoms with van der Waals surface area (Å²) in [6.07, 6.45) is 4.15. The second kappa shape index (κ2) is 6.50. The fourth-order valence-corrected chi connectivity index (χ4v) is 2.92. The molecule has 0 radical (unpaired) electrons. The van der Waals surface area contributed by atoms with E-state index in [0.29, 0.717) is 21.5 Å². The van der Waals surface area contributed by atoms with Crippen molar-refractivity contribution in [1.82, 2.24) is 10.3 Å². The summed E-state index contributed by atoms with van der Waals surface area (Å²) in [5, 5.41) is 4.40. The minimum absolute atomic E-state index is 0.0496. The van der Waals surface area contributed by atoms with Gasteiger partial charge < -0.3 is 5.32 Å². The third kappa shape index (κ3) is 3.99. The zero-order valence-corrected chi connectivity index (χ0v) is 13.0. The van der Waals surface area contributed by atoms with E-state index in [1.165, 1.54) is 24.6 Å². The van der Waals surface area contributed by atoms with Crippen LogP contribution in [0.4, 0.5) is 0 Å². The Hall–Kier alpha value is -1.52. The first kappa shape index (κ1) is 14.4. The lowest BCUT2D eigenvalue weighted by Crippen LogP contribution is -2.26. The summed E-state index contributed by atoms with van der Waals surface area (Å²) in [4.78, 5) is 17.6. The van der Waals surface area contributed by atoms with Gasteiger partial charge in [-0.15, -0.1) is 0 Å². The normalized spacial score (nSPS) is 14.0. The van der Waals surface area contributed by atoms with Gasteiger partial charge in [-0.2, -0.15) is 0 Å². The number of nitrogens with one attached hydrogen (secondary N) is 1. The number of amides is 1. The molecule has 2 aromatic rings. The standard InChI is InChI=1S/C16H15ClN2OS/c17-12-5-7-13(8-6-12)21-16-14(2-1-9-18-16)15(20)19-10-11-3-4-11/h1-2,5-9,11H,3-4,10H2,(H,19,20). The molecule has 5 heteroatoms. The minimum atomic E-state index is -0.0496. The second-order valence-electron chi connectivity index (χ2n) is 5.07. The molecule has 1 N–H and O–H groups in total. The topological polar surface area (TPSA) is 42.0 Å². The van der Waals surface area contributed by atoms with Gasteiger partial charge >= 0.3 is 0 Å². The van der Waals surface area contributed by atoms with E-state index in [4.69, 9.17) is 11.6 Å². The molecule has 3 nitrogen and oxygen atoms in total. The molecule has 0 aliphatic heterocycles. The molecule has 108 valence electrons. The highest BCUT2D eigenvalue weighted by atomic mass is 35.5. The van der Waals surface area contributed by atoms with Gasteiger partial charge in [0.15, 0.2) is 0 Å². The molecule has 1 fully saturated rings. The summed E-state index contributed by atoms with van der Waals surface area (Å²) in [5.41, 5.74) is 0.623. The number of aromatic nitrogens is 1. The summed E-state index contributed by atoms with van der Waals surface area (Å²) < 4.78 is 0. The van der Waals surface area contributed by atoms with Gasteiger partial charge in [-0.25, -0.2) is 4.98 Å². The van der Waals surface area contributed by atoms with Gasteiger partial charge in [0.1, 0.15) is 5.03 Å². The smallest absolute Gasteiger partial charge is 0.254 e. The third-order valence-electron chi connectivity index (χ3n) is 3.29. The van der Waals surface area contributed by atoms with Crippen LogP contribution in [0.15, 0.2) is 52.5 Å². The second-order valence-corrected chi connectivity index (χ2v) is 6.56. The van der Waals surface area contributed by atoms with E-state index < -0.39 is 0 Å². The van der Waals surface area contributed by atoms with Crippen LogP contribution in [-0.2, 0) is 0 Å². The quantitative estimate of drug-likeness (QED) is 0.905. The van der Waals surface area contributed by atoms with E-state index in [1.54, 1.807) is 12.3 Å². The molecular weight excluding hydrogens is 304 g/mol. The van der Waals surface area contributed by atoms with Crippen LogP contribution >= 0.6 is 23.4 Å². The summed E-state index contributed by atoms with van der Waals surface area (Å²) in [7, 11) is 0. The summed E-state index contributed by atoms with van der Waals surface area (Å²) in [6, 6.07) is 11.1.